The molecule has 5 rings (SSSR count). The molecule has 1 unspecified atom stereocenters. The fourth-order valence-corrected chi connectivity index (χ4v) is 6.62. The SMILES string of the molecule is Cc1nc(N2C[C@H](NC(=O)OC(C)(C)C)[C@@H](N3CCCCC3=O)C2)ncc1OCCC(C)C1CCN(c2nc(C(C)C)no2)CC1. The Bertz CT molecular complexity index is 1340. The maximum absolute atomic E-state index is 12.8. The summed E-state index contributed by atoms with van der Waals surface area (Å²) in [6, 6.07) is 0.156. The number of alkyl carbamates (subject to hydrolysis) is 1. The van der Waals surface area contributed by atoms with Gasteiger partial charge < -0.3 is 34.0 Å². The molecule has 3 aliphatic heterocycles. The van der Waals surface area contributed by atoms with Crippen LogP contribution in [0.1, 0.15) is 97.5 Å². The highest BCUT2D eigenvalue weighted by Crippen LogP contribution is 2.31. The number of aryl methyl sites for hydroxylation is 1. The molecule has 0 radical (unpaired) electrons. The second kappa shape index (κ2) is 14.4. The molecule has 3 saturated heterocycles. The topological polar surface area (TPSA) is 139 Å². The molecule has 254 valence electrons. The van der Waals surface area contributed by atoms with Crippen molar-refractivity contribution in [3.63, 3.8) is 0 Å². The van der Waals surface area contributed by atoms with E-state index in [-0.39, 0.29) is 23.9 Å². The fraction of sp³-hybridized carbons (Fsp3) is 0.758. The Labute approximate surface area is 272 Å². The van der Waals surface area contributed by atoms with Gasteiger partial charge in [-0.3, -0.25) is 4.79 Å². The average molecular weight is 641 g/mol. The van der Waals surface area contributed by atoms with Gasteiger partial charge in [-0.1, -0.05) is 25.9 Å². The first-order valence-electron chi connectivity index (χ1n) is 17.0. The second-order valence-electron chi connectivity index (χ2n) is 14.4. The van der Waals surface area contributed by atoms with Gasteiger partial charge in [0.1, 0.15) is 5.60 Å². The molecule has 1 N–H and O–H groups in total. The zero-order chi connectivity index (χ0) is 33.0. The van der Waals surface area contributed by atoms with Crippen LogP contribution in [0.15, 0.2) is 10.7 Å². The molecule has 13 heteroatoms. The summed E-state index contributed by atoms with van der Waals surface area (Å²) in [6.07, 6.45) is 6.77. The zero-order valence-electron chi connectivity index (χ0n) is 28.6. The number of carbonyl (C=O) groups is 2. The van der Waals surface area contributed by atoms with Gasteiger partial charge in [-0.15, -0.1) is 0 Å². The molecule has 0 aliphatic carbocycles. The number of anilines is 2. The van der Waals surface area contributed by atoms with Crippen LogP contribution in [0.2, 0.25) is 0 Å². The van der Waals surface area contributed by atoms with Gasteiger partial charge in [-0.2, -0.15) is 4.98 Å². The lowest BCUT2D eigenvalue weighted by molar-refractivity contribution is -0.135. The molecule has 3 atom stereocenters. The van der Waals surface area contributed by atoms with Crippen LogP contribution in [0.25, 0.3) is 0 Å². The van der Waals surface area contributed by atoms with Gasteiger partial charge in [0.15, 0.2) is 11.6 Å². The first-order chi connectivity index (χ1) is 21.9. The third-order valence-electron chi connectivity index (χ3n) is 9.35. The van der Waals surface area contributed by atoms with Gasteiger partial charge in [-0.05, 0) is 71.6 Å². The highest BCUT2D eigenvalue weighted by Gasteiger charge is 2.42. The van der Waals surface area contributed by atoms with E-state index in [1.165, 1.54) is 0 Å². The summed E-state index contributed by atoms with van der Waals surface area (Å²) in [6.45, 7) is 18.0. The number of hydrogen-bond donors (Lipinski definition) is 1. The van der Waals surface area contributed by atoms with E-state index in [0.717, 1.165) is 56.7 Å². The lowest BCUT2D eigenvalue weighted by Gasteiger charge is -2.35. The van der Waals surface area contributed by atoms with E-state index in [2.05, 4.69) is 46.1 Å². The molecule has 0 bridgehead atoms. The molecule has 0 saturated carbocycles. The predicted octanol–water partition coefficient (Wildman–Crippen LogP) is 4.71. The molecule has 0 aromatic carbocycles. The Hall–Kier alpha value is -3.64. The van der Waals surface area contributed by atoms with Crippen molar-refractivity contribution in [2.45, 2.75) is 111 Å². The number of nitrogens with one attached hydrogen (secondary N) is 1. The average Bonchev–Trinajstić information content (AvgIpc) is 3.66. The van der Waals surface area contributed by atoms with Crippen molar-refractivity contribution in [3.05, 3.63) is 17.7 Å². The summed E-state index contributed by atoms with van der Waals surface area (Å²) in [7, 11) is 0. The smallest absolute Gasteiger partial charge is 0.408 e. The lowest BCUT2D eigenvalue weighted by Crippen LogP contribution is -2.54. The minimum absolute atomic E-state index is 0.127. The van der Waals surface area contributed by atoms with Crippen molar-refractivity contribution in [2.75, 3.05) is 49.1 Å². The number of aromatic nitrogens is 4. The fourth-order valence-electron chi connectivity index (χ4n) is 6.62. The van der Waals surface area contributed by atoms with Crippen LogP contribution in [0.3, 0.4) is 0 Å². The molecule has 46 heavy (non-hydrogen) atoms. The van der Waals surface area contributed by atoms with E-state index in [4.69, 9.17) is 19.0 Å². The van der Waals surface area contributed by atoms with Crippen LogP contribution in [0, 0.1) is 18.8 Å². The normalized spacial score (nSPS) is 22.0. The molecular formula is C33H52N8O5. The lowest BCUT2D eigenvalue weighted by atomic mass is 9.84. The Morgan fingerprint density at radius 3 is 2.50 bits per heavy atom. The minimum Gasteiger partial charge on any atom is -0.490 e. The Kier molecular flexibility index (Phi) is 10.6. The highest BCUT2D eigenvalue weighted by molar-refractivity contribution is 5.78. The minimum atomic E-state index is -0.613. The van der Waals surface area contributed by atoms with Crippen molar-refractivity contribution >= 4 is 24.0 Å². The monoisotopic (exact) mass is 640 g/mol. The van der Waals surface area contributed by atoms with Gasteiger partial charge in [0.05, 0.1) is 30.6 Å². The van der Waals surface area contributed by atoms with Gasteiger partial charge in [0.2, 0.25) is 11.9 Å². The number of piperidine rings is 2. The number of hydrogen-bond acceptors (Lipinski definition) is 11. The van der Waals surface area contributed by atoms with Crippen molar-refractivity contribution in [1.29, 1.82) is 0 Å². The van der Waals surface area contributed by atoms with E-state index >= 15 is 0 Å². The molecule has 3 aliphatic rings. The third kappa shape index (κ3) is 8.38. The number of rotatable bonds is 10. The maximum Gasteiger partial charge on any atom is 0.408 e. The number of nitrogens with zero attached hydrogens (tertiary/aromatic N) is 7. The summed E-state index contributed by atoms with van der Waals surface area (Å²) in [5.74, 6) is 3.51. The number of likely N-dealkylation sites (tertiary alicyclic amines) is 1. The van der Waals surface area contributed by atoms with E-state index in [1.54, 1.807) is 6.20 Å². The van der Waals surface area contributed by atoms with Crippen LogP contribution in [-0.2, 0) is 9.53 Å². The van der Waals surface area contributed by atoms with Crippen molar-refractivity contribution in [1.82, 2.24) is 30.3 Å². The summed E-state index contributed by atoms with van der Waals surface area (Å²) in [5, 5.41) is 7.13. The Morgan fingerprint density at radius 2 is 1.85 bits per heavy atom. The van der Waals surface area contributed by atoms with Crippen LogP contribution < -0.4 is 19.9 Å². The number of carbonyl (C=O) groups excluding carboxylic acids is 2. The maximum atomic E-state index is 12.8. The summed E-state index contributed by atoms with van der Waals surface area (Å²) in [5.41, 5.74) is 0.151. The van der Waals surface area contributed by atoms with Gasteiger partial charge in [-0.25, -0.2) is 14.8 Å². The van der Waals surface area contributed by atoms with Crippen LogP contribution >= 0.6 is 0 Å². The predicted molar refractivity (Wildman–Crippen MR) is 174 cm³/mol. The summed E-state index contributed by atoms with van der Waals surface area (Å²) >= 11 is 0. The zero-order valence-corrected chi connectivity index (χ0v) is 28.6. The molecular weight excluding hydrogens is 588 g/mol. The largest absolute Gasteiger partial charge is 0.490 e. The third-order valence-corrected chi connectivity index (χ3v) is 9.35. The van der Waals surface area contributed by atoms with Crippen molar-refractivity contribution < 1.29 is 23.6 Å². The van der Waals surface area contributed by atoms with Gasteiger partial charge in [0.25, 0.3) is 0 Å². The van der Waals surface area contributed by atoms with E-state index in [1.807, 2.05) is 37.5 Å². The van der Waals surface area contributed by atoms with E-state index < -0.39 is 11.7 Å². The summed E-state index contributed by atoms with van der Waals surface area (Å²) < 4.78 is 17.2. The van der Waals surface area contributed by atoms with Gasteiger partial charge in [0, 0.05) is 45.1 Å². The summed E-state index contributed by atoms with van der Waals surface area (Å²) in [4.78, 5) is 45.7. The van der Waals surface area contributed by atoms with Gasteiger partial charge >= 0.3 is 12.1 Å². The molecule has 5 heterocycles. The van der Waals surface area contributed by atoms with E-state index in [9.17, 15) is 9.59 Å². The Balaban J connectivity index is 1.13. The Morgan fingerprint density at radius 1 is 1.09 bits per heavy atom. The highest BCUT2D eigenvalue weighted by atomic mass is 16.6. The number of amides is 2. The van der Waals surface area contributed by atoms with Crippen LogP contribution in [0.5, 0.6) is 5.75 Å². The van der Waals surface area contributed by atoms with Crippen molar-refractivity contribution in [3.8, 4) is 5.75 Å². The quantitative estimate of drug-likeness (QED) is 0.386. The van der Waals surface area contributed by atoms with Crippen molar-refractivity contribution in [2.24, 2.45) is 11.8 Å². The van der Waals surface area contributed by atoms with Crippen LogP contribution in [-0.4, -0.2) is 94.0 Å². The molecule has 0 spiro atoms. The second-order valence-corrected chi connectivity index (χ2v) is 14.4. The molecule has 2 aromatic rings. The molecule has 3 fully saturated rings. The van der Waals surface area contributed by atoms with E-state index in [0.29, 0.717) is 62.2 Å². The number of ether oxygens (including phenoxy) is 2. The first kappa shape index (κ1) is 33.7. The first-order valence-corrected chi connectivity index (χ1v) is 17.0. The molecule has 2 amide bonds. The standard InChI is InChI=1S/C33H52N8O5/c1-21(2)29-37-31(46-38-29)39-15-11-24(12-16-39)22(3)13-17-44-27-18-34-30(35-23(27)4)40-19-25(36-32(43)45-33(5,6)7)26(20-40)41-14-9-8-10-28(41)42/h18,21-22,24-26H,8-17,19-20H2,1-7H3,(H,36,43)/t22?,25-,26-/m0/s1. The van der Waals surface area contributed by atoms with Crippen LogP contribution in [0.4, 0.5) is 16.8 Å². The molecule has 13 nitrogen and oxygen atoms in total. The molecule has 2 aromatic heterocycles.